The van der Waals surface area contributed by atoms with E-state index < -0.39 is 11.9 Å². The topological polar surface area (TPSA) is 63.3 Å². The van der Waals surface area contributed by atoms with Gasteiger partial charge in [-0.2, -0.15) is 0 Å². The third-order valence-electron chi connectivity index (χ3n) is 2.24. The summed E-state index contributed by atoms with van der Waals surface area (Å²) in [6, 6.07) is 1.83. The summed E-state index contributed by atoms with van der Waals surface area (Å²) < 4.78 is 5.17. The quantitative estimate of drug-likeness (QED) is 0.832. The second-order valence-electron chi connectivity index (χ2n) is 4.88. The lowest BCUT2D eigenvalue weighted by Gasteiger charge is -2.12. The van der Waals surface area contributed by atoms with Gasteiger partial charge in [0.25, 0.3) is 0 Å². The molecule has 1 rings (SSSR count). The van der Waals surface area contributed by atoms with Crippen molar-refractivity contribution in [1.82, 2.24) is 5.16 Å². The van der Waals surface area contributed by atoms with Crippen molar-refractivity contribution in [3.8, 4) is 0 Å². The van der Waals surface area contributed by atoms with E-state index in [4.69, 9.17) is 9.63 Å². The third-order valence-corrected chi connectivity index (χ3v) is 2.24. The average Bonchev–Trinajstić information content (AvgIpc) is 2.51. The molecule has 0 aliphatic rings. The first kappa shape index (κ1) is 11.8. The lowest BCUT2D eigenvalue weighted by molar-refractivity contribution is -0.141. The van der Waals surface area contributed by atoms with Gasteiger partial charge < -0.3 is 9.63 Å². The number of hydrogen-bond acceptors (Lipinski definition) is 3. The van der Waals surface area contributed by atoms with Crippen LogP contribution in [0, 0.1) is 5.92 Å². The Balaban J connectivity index is 2.73. The van der Waals surface area contributed by atoms with Crippen LogP contribution in [0.4, 0.5) is 0 Å². The van der Waals surface area contributed by atoms with Gasteiger partial charge in [-0.15, -0.1) is 0 Å². The Hall–Kier alpha value is -1.32. The number of aromatic nitrogens is 1. The van der Waals surface area contributed by atoms with Crippen LogP contribution in [0.15, 0.2) is 10.6 Å². The van der Waals surface area contributed by atoms with Gasteiger partial charge in [0.1, 0.15) is 5.76 Å². The summed E-state index contributed by atoms with van der Waals surface area (Å²) in [5, 5.41) is 12.6. The molecule has 4 heteroatoms. The van der Waals surface area contributed by atoms with Crippen LogP contribution in [-0.2, 0) is 16.6 Å². The lowest BCUT2D eigenvalue weighted by atomic mass is 9.92. The Bertz CT molecular complexity index is 349. The number of nitrogens with zero attached hydrogens (tertiary/aromatic N) is 1. The summed E-state index contributed by atoms with van der Waals surface area (Å²) >= 11 is 0. The van der Waals surface area contributed by atoms with Gasteiger partial charge in [0, 0.05) is 17.9 Å². The molecule has 0 fully saturated rings. The molecule has 0 saturated heterocycles. The monoisotopic (exact) mass is 211 g/mol. The van der Waals surface area contributed by atoms with Gasteiger partial charge in [0.05, 0.1) is 11.6 Å². The maximum Gasteiger partial charge on any atom is 0.306 e. The summed E-state index contributed by atoms with van der Waals surface area (Å²) in [4.78, 5) is 10.6. The van der Waals surface area contributed by atoms with Crippen molar-refractivity contribution in [2.75, 3.05) is 0 Å². The van der Waals surface area contributed by atoms with Crippen LogP contribution in [0.1, 0.15) is 39.1 Å². The van der Waals surface area contributed by atoms with E-state index in [-0.39, 0.29) is 5.41 Å². The van der Waals surface area contributed by atoms with E-state index in [1.54, 1.807) is 6.92 Å². The van der Waals surface area contributed by atoms with E-state index in [0.29, 0.717) is 12.1 Å². The van der Waals surface area contributed by atoms with Crippen LogP contribution >= 0.6 is 0 Å². The molecule has 1 aromatic rings. The van der Waals surface area contributed by atoms with Gasteiger partial charge in [-0.05, 0) is 0 Å². The molecule has 0 bridgehead atoms. The zero-order valence-corrected chi connectivity index (χ0v) is 9.57. The van der Waals surface area contributed by atoms with Crippen LogP contribution in [0.25, 0.3) is 0 Å². The minimum absolute atomic E-state index is 0.0856. The first-order valence-electron chi connectivity index (χ1n) is 4.99. The first-order chi connectivity index (χ1) is 6.80. The molecular formula is C11H17NO3. The molecule has 1 unspecified atom stereocenters. The molecule has 0 aromatic carbocycles. The molecule has 84 valence electrons. The van der Waals surface area contributed by atoms with Gasteiger partial charge in [-0.3, -0.25) is 4.79 Å². The number of hydrogen-bond donors (Lipinski definition) is 1. The van der Waals surface area contributed by atoms with Gasteiger partial charge in [-0.25, -0.2) is 0 Å². The zero-order chi connectivity index (χ0) is 11.6. The normalized spacial score (nSPS) is 13.9. The Morgan fingerprint density at radius 2 is 2.20 bits per heavy atom. The van der Waals surface area contributed by atoms with Crippen LogP contribution in [0.3, 0.4) is 0 Å². The highest BCUT2D eigenvalue weighted by Gasteiger charge is 2.21. The molecular weight excluding hydrogens is 194 g/mol. The van der Waals surface area contributed by atoms with Crippen LogP contribution in [0.5, 0.6) is 0 Å². The lowest BCUT2D eigenvalue weighted by Crippen LogP contribution is -2.12. The van der Waals surface area contributed by atoms with Crippen molar-refractivity contribution in [3.63, 3.8) is 0 Å². The molecule has 0 aliphatic heterocycles. The maximum atomic E-state index is 10.6. The summed E-state index contributed by atoms with van der Waals surface area (Å²) in [7, 11) is 0. The SMILES string of the molecule is CC(Cc1cc(C(C)(C)C)on1)C(=O)O. The number of rotatable bonds is 3. The largest absolute Gasteiger partial charge is 0.481 e. The predicted octanol–water partition coefficient (Wildman–Crippen LogP) is 2.24. The van der Waals surface area contributed by atoms with Gasteiger partial charge in [0.15, 0.2) is 0 Å². The van der Waals surface area contributed by atoms with Crippen molar-refractivity contribution in [2.24, 2.45) is 5.92 Å². The van der Waals surface area contributed by atoms with Crippen molar-refractivity contribution in [3.05, 3.63) is 17.5 Å². The molecule has 15 heavy (non-hydrogen) atoms. The second-order valence-corrected chi connectivity index (χ2v) is 4.88. The van der Waals surface area contributed by atoms with E-state index in [0.717, 1.165) is 5.76 Å². The van der Waals surface area contributed by atoms with Gasteiger partial charge in [-0.1, -0.05) is 32.9 Å². The number of carbonyl (C=O) groups is 1. The summed E-state index contributed by atoms with van der Waals surface area (Å²) in [5.74, 6) is -0.451. The zero-order valence-electron chi connectivity index (χ0n) is 9.57. The van der Waals surface area contributed by atoms with Crippen molar-refractivity contribution >= 4 is 5.97 Å². The molecule has 4 nitrogen and oxygen atoms in total. The van der Waals surface area contributed by atoms with Crippen molar-refractivity contribution in [1.29, 1.82) is 0 Å². The van der Waals surface area contributed by atoms with Crippen molar-refractivity contribution in [2.45, 2.75) is 39.5 Å². The van der Waals surface area contributed by atoms with E-state index in [9.17, 15) is 4.79 Å². The second kappa shape index (κ2) is 4.04. The fourth-order valence-electron chi connectivity index (χ4n) is 1.16. The highest BCUT2D eigenvalue weighted by molar-refractivity contribution is 5.69. The Morgan fingerprint density at radius 3 is 2.60 bits per heavy atom. The van der Waals surface area contributed by atoms with Crippen LogP contribution in [0.2, 0.25) is 0 Å². The third kappa shape index (κ3) is 3.08. The van der Waals surface area contributed by atoms with E-state index >= 15 is 0 Å². The minimum atomic E-state index is -0.810. The molecule has 1 N–H and O–H groups in total. The smallest absolute Gasteiger partial charge is 0.306 e. The number of carboxylic acid groups (broad SMARTS) is 1. The van der Waals surface area contributed by atoms with Gasteiger partial charge in [0.2, 0.25) is 0 Å². The summed E-state index contributed by atoms with van der Waals surface area (Å²) in [5.41, 5.74) is 0.618. The summed E-state index contributed by atoms with van der Waals surface area (Å²) in [6.45, 7) is 7.74. The first-order valence-corrected chi connectivity index (χ1v) is 4.99. The minimum Gasteiger partial charge on any atom is -0.481 e. The molecule has 0 amide bonds. The molecule has 0 aliphatic carbocycles. The van der Waals surface area contributed by atoms with E-state index in [1.165, 1.54) is 0 Å². The number of carboxylic acids is 1. The van der Waals surface area contributed by atoms with Gasteiger partial charge >= 0.3 is 5.97 Å². The standard InChI is InChI=1S/C11H17NO3/c1-7(10(13)14)5-8-6-9(15-12-8)11(2,3)4/h6-7H,5H2,1-4H3,(H,13,14). The highest BCUT2D eigenvalue weighted by atomic mass is 16.5. The Morgan fingerprint density at radius 1 is 1.60 bits per heavy atom. The van der Waals surface area contributed by atoms with E-state index in [2.05, 4.69) is 5.16 Å². The van der Waals surface area contributed by atoms with E-state index in [1.807, 2.05) is 26.8 Å². The molecule has 1 atom stereocenters. The molecule has 1 heterocycles. The maximum absolute atomic E-state index is 10.6. The molecule has 0 saturated carbocycles. The summed E-state index contributed by atoms with van der Waals surface area (Å²) in [6.07, 6.45) is 0.412. The van der Waals surface area contributed by atoms with Crippen LogP contribution < -0.4 is 0 Å². The highest BCUT2D eigenvalue weighted by Crippen LogP contribution is 2.23. The average molecular weight is 211 g/mol. The predicted molar refractivity (Wildman–Crippen MR) is 55.7 cm³/mol. The molecule has 0 spiro atoms. The fourth-order valence-corrected chi connectivity index (χ4v) is 1.16. The van der Waals surface area contributed by atoms with Crippen molar-refractivity contribution < 1.29 is 14.4 Å². The molecule has 0 radical (unpaired) electrons. The Kier molecular flexibility index (Phi) is 3.17. The van der Waals surface area contributed by atoms with Crippen LogP contribution in [-0.4, -0.2) is 16.2 Å². The number of aliphatic carboxylic acids is 1. The Labute approximate surface area is 89.3 Å². The molecule has 1 aromatic heterocycles. The fraction of sp³-hybridized carbons (Fsp3) is 0.636.